The summed E-state index contributed by atoms with van der Waals surface area (Å²) >= 11 is 0. The van der Waals surface area contributed by atoms with Crippen molar-refractivity contribution in [2.45, 2.75) is 26.2 Å². The van der Waals surface area contributed by atoms with E-state index in [0.29, 0.717) is 24.1 Å². The Morgan fingerprint density at radius 3 is 2.55 bits per heavy atom. The van der Waals surface area contributed by atoms with Gasteiger partial charge in [0.1, 0.15) is 5.82 Å². The fraction of sp³-hybridized carbons (Fsp3) is 0.429. The Balaban J connectivity index is 1.91. The van der Waals surface area contributed by atoms with E-state index >= 15 is 0 Å². The number of hydrogen-bond acceptors (Lipinski definition) is 2. The Bertz CT molecular complexity index is 521. The predicted molar refractivity (Wildman–Crippen MR) is 72.1 cm³/mol. The van der Waals surface area contributed by atoms with Crippen LogP contribution in [0.2, 0.25) is 0 Å². The third-order valence-electron chi connectivity index (χ3n) is 3.65. The molecule has 0 bridgehead atoms. The zero-order chi connectivity index (χ0) is 14.8. The molecular formula is C14H17FN2O3. The number of anilines is 1. The third kappa shape index (κ3) is 3.07. The van der Waals surface area contributed by atoms with E-state index in [1.54, 1.807) is 13.0 Å². The Morgan fingerprint density at radius 2 is 2.05 bits per heavy atom. The summed E-state index contributed by atoms with van der Waals surface area (Å²) in [6.45, 7) is 1.81. The van der Waals surface area contributed by atoms with Crippen LogP contribution < -0.4 is 10.6 Å². The van der Waals surface area contributed by atoms with Crippen LogP contribution in [0.3, 0.4) is 0 Å². The molecule has 108 valence electrons. The molecule has 0 heterocycles. The van der Waals surface area contributed by atoms with E-state index in [0.717, 1.165) is 6.42 Å². The number of rotatable bonds is 4. The molecule has 1 aliphatic carbocycles. The lowest BCUT2D eigenvalue weighted by Gasteiger charge is -2.37. The van der Waals surface area contributed by atoms with Crippen molar-refractivity contribution in [3.05, 3.63) is 29.6 Å². The lowest BCUT2D eigenvalue weighted by molar-refractivity contribution is -0.153. The maximum atomic E-state index is 13.2. The molecule has 6 heteroatoms. The van der Waals surface area contributed by atoms with E-state index in [9.17, 15) is 14.0 Å². The molecule has 1 saturated carbocycles. The minimum Gasteiger partial charge on any atom is -0.481 e. The Labute approximate surface area is 116 Å². The number of amides is 2. The first kappa shape index (κ1) is 14.3. The normalized spacial score (nSPS) is 16.1. The second-order valence-electron chi connectivity index (χ2n) is 5.26. The van der Waals surface area contributed by atoms with Gasteiger partial charge in [0.15, 0.2) is 0 Å². The van der Waals surface area contributed by atoms with Crippen molar-refractivity contribution in [3.63, 3.8) is 0 Å². The summed E-state index contributed by atoms with van der Waals surface area (Å²) in [7, 11) is 0. The van der Waals surface area contributed by atoms with Crippen molar-refractivity contribution in [3.8, 4) is 0 Å². The predicted octanol–water partition coefficient (Wildman–Crippen LogP) is 2.51. The number of carboxylic acid groups (broad SMARTS) is 1. The highest BCUT2D eigenvalue weighted by Gasteiger charge is 2.44. The summed E-state index contributed by atoms with van der Waals surface area (Å²) in [6.07, 6.45) is 2.00. The molecule has 0 unspecified atom stereocenters. The van der Waals surface area contributed by atoms with Crippen molar-refractivity contribution in [2.75, 3.05) is 11.9 Å². The number of benzene rings is 1. The van der Waals surface area contributed by atoms with E-state index in [-0.39, 0.29) is 6.54 Å². The van der Waals surface area contributed by atoms with Gasteiger partial charge in [0.25, 0.3) is 0 Å². The van der Waals surface area contributed by atoms with Gasteiger partial charge in [0.05, 0.1) is 5.41 Å². The first-order chi connectivity index (χ1) is 9.41. The Morgan fingerprint density at radius 1 is 1.35 bits per heavy atom. The summed E-state index contributed by atoms with van der Waals surface area (Å²) in [5.74, 6) is -1.31. The van der Waals surface area contributed by atoms with Crippen LogP contribution in [0, 0.1) is 18.2 Å². The molecule has 1 aromatic carbocycles. The van der Waals surface area contributed by atoms with Crippen molar-refractivity contribution in [1.82, 2.24) is 5.32 Å². The van der Waals surface area contributed by atoms with Gasteiger partial charge in [-0.05, 0) is 43.5 Å². The summed E-state index contributed by atoms with van der Waals surface area (Å²) in [5.41, 5.74) is 0.203. The maximum Gasteiger partial charge on any atom is 0.319 e. The highest BCUT2D eigenvalue weighted by Crippen LogP contribution is 2.40. The molecule has 0 atom stereocenters. The van der Waals surface area contributed by atoms with E-state index in [1.807, 2.05) is 0 Å². The fourth-order valence-electron chi connectivity index (χ4n) is 2.30. The molecule has 0 radical (unpaired) electrons. The van der Waals surface area contributed by atoms with E-state index in [2.05, 4.69) is 10.6 Å². The fourth-order valence-corrected chi connectivity index (χ4v) is 2.30. The zero-order valence-electron chi connectivity index (χ0n) is 11.2. The second-order valence-corrected chi connectivity index (χ2v) is 5.26. The van der Waals surface area contributed by atoms with E-state index in [4.69, 9.17) is 5.11 Å². The standard InChI is InChI=1S/C14H17FN2O3/c1-9-5-10(15)7-11(6-9)17-13(20)16-8-14(12(18)19)3-2-4-14/h5-7H,2-4,8H2,1H3,(H,18,19)(H2,16,17,20). The minimum absolute atomic E-state index is 0.0858. The molecule has 1 aliphatic rings. The van der Waals surface area contributed by atoms with Crippen LogP contribution in [0.15, 0.2) is 18.2 Å². The van der Waals surface area contributed by atoms with Gasteiger partial charge >= 0.3 is 12.0 Å². The minimum atomic E-state index is -0.884. The van der Waals surface area contributed by atoms with Crippen molar-refractivity contribution >= 4 is 17.7 Å². The number of carbonyl (C=O) groups excluding carboxylic acids is 1. The van der Waals surface area contributed by atoms with Crippen LogP contribution in [0.25, 0.3) is 0 Å². The number of aliphatic carboxylic acids is 1. The summed E-state index contributed by atoms with van der Waals surface area (Å²) in [4.78, 5) is 22.8. The van der Waals surface area contributed by atoms with Gasteiger partial charge < -0.3 is 15.7 Å². The van der Waals surface area contributed by atoms with Gasteiger partial charge in [-0.3, -0.25) is 4.79 Å². The lowest BCUT2D eigenvalue weighted by atomic mass is 9.69. The maximum absolute atomic E-state index is 13.2. The quantitative estimate of drug-likeness (QED) is 0.793. The first-order valence-electron chi connectivity index (χ1n) is 6.47. The largest absolute Gasteiger partial charge is 0.481 e. The molecule has 20 heavy (non-hydrogen) atoms. The molecule has 0 saturated heterocycles. The van der Waals surface area contributed by atoms with Crippen molar-refractivity contribution in [2.24, 2.45) is 5.41 Å². The van der Waals surface area contributed by atoms with Gasteiger partial charge in [0.2, 0.25) is 0 Å². The monoisotopic (exact) mass is 280 g/mol. The number of carboxylic acids is 1. The van der Waals surface area contributed by atoms with Crippen molar-refractivity contribution in [1.29, 1.82) is 0 Å². The molecular weight excluding hydrogens is 263 g/mol. The Kier molecular flexibility index (Phi) is 3.92. The molecule has 0 spiro atoms. The number of urea groups is 1. The molecule has 1 fully saturated rings. The highest BCUT2D eigenvalue weighted by atomic mass is 19.1. The van der Waals surface area contributed by atoms with Gasteiger partial charge in [-0.2, -0.15) is 0 Å². The van der Waals surface area contributed by atoms with Crippen molar-refractivity contribution < 1.29 is 19.1 Å². The number of nitrogens with one attached hydrogen (secondary N) is 2. The molecule has 2 rings (SSSR count). The van der Waals surface area contributed by atoms with E-state index < -0.39 is 23.2 Å². The highest BCUT2D eigenvalue weighted by molar-refractivity contribution is 5.89. The average Bonchev–Trinajstić information content (AvgIpc) is 2.25. The summed E-state index contributed by atoms with van der Waals surface area (Å²) in [5, 5.41) is 14.2. The number of aryl methyl sites for hydroxylation is 1. The van der Waals surface area contributed by atoms with Gasteiger partial charge in [-0.1, -0.05) is 6.42 Å². The molecule has 1 aromatic rings. The van der Waals surface area contributed by atoms with Crippen LogP contribution in [0.1, 0.15) is 24.8 Å². The van der Waals surface area contributed by atoms with Gasteiger partial charge in [-0.15, -0.1) is 0 Å². The summed E-state index contributed by atoms with van der Waals surface area (Å²) < 4.78 is 13.2. The smallest absolute Gasteiger partial charge is 0.319 e. The van der Waals surface area contributed by atoms with Gasteiger partial charge in [-0.25, -0.2) is 9.18 Å². The van der Waals surface area contributed by atoms with Gasteiger partial charge in [0, 0.05) is 12.2 Å². The number of carbonyl (C=O) groups is 2. The summed E-state index contributed by atoms with van der Waals surface area (Å²) in [6, 6.07) is 3.68. The number of hydrogen-bond donors (Lipinski definition) is 3. The van der Waals surface area contributed by atoms with Crippen LogP contribution in [-0.4, -0.2) is 23.7 Å². The molecule has 3 N–H and O–H groups in total. The van der Waals surface area contributed by atoms with Crippen LogP contribution in [0.5, 0.6) is 0 Å². The van der Waals surface area contributed by atoms with Crippen LogP contribution in [-0.2, 0) is 4.79 Å². The second kappa shape index (κ2) is 5.48. The molecule has 0 aliphatic heterocycles. The SMILES string of the molecule is Cc1cc(F)cc(NC(=O)NCC2(C(=O)O)CCC2)c1. The van der Waals surface area contributed by atoms with E-state index in [1.165, 1.54) is 12.1 Å². The molecule has 2 amide bonds. The molecule has 5 nitrogen and oxygen atoms in total. The van der Waals surface area contributed by atoms with Crippen LogP contribution >= 0.6 is 0 Å². The lowest BCUT2D eigenvalue weighted by Crippen LogP contribution is -2.48. The Hall–Kier alpha value is -2.11. The zero-order valence-corrected chi connectivity index (χ0v) is 11.2. The topological polar surface area (TPSA) is 78.4 Å². The number of halogens is 1. The molecule has 0 aromatic heterocycles. The third-order valence-corrected chi connectivity index (χ3v) is 3.65. The first-order valence-corrected chi connectivity index (χ1v) is 6.47. The average molecular weight is 280 g/mol. The van der Waals surface area contributed by atoms with Crippen LogP contribution in [0.4, 0.5) is 14.9 Å².